The van der Waals surface area contributed by atoms with Gasteiger partial charge >= 0.3 is 5.97 Å². The molecule has 3 aliphatic heterocycles. The first-order valence-electron chi connectivity index (χ1n) is 12.1. The Bertz CT molecular complexity index is 1590. The molecule has 0 bridgehead atoms. The first kappa shape index (κ1) is 23.3. The van der Waals surface area contributed by atoms with E-state index in [9.17, 15) is 14.7 Å². The van der Waals surface area contributed by atoms with Gasteiger partial charge in [-0.05, 0) is 36.6 Å². The average molecular weight is 505 g/mol. The van der Waals surface area contributed by atoms with Gasteiger partial charge in [0.1, 0.15) is 18.1 Å². The molecular formula is C25H24N6O6. The Morgan fingerprint density at radius 1 is 1.30 bits per heavy atom. The molecule has 2 atom stereocenters. The van der Waals surface area contributed by atoms with Crippen molar-refractivity contribution < 1.29 is 24.1 Å². The van der Waals surface area contributed by atoms with Crippen LogP contribution in [0.25, 0.3) is 32.7 Å². The number of cyclic esters (lactones) is 1. The molecule has 12 heteroatoms. The Kier molecular flexibility index (Phi) is 5.34. The maximum atomic E-state index is 13.5. The van der Waals surface area contributed by atoms with Gasteiger partial charge in [-0.3, -0.25) is 4.79 Å². The molecule has 0 amide bonds. The summed E-state index contributed by atoms with van der Waals surface area (Å²) in [6.45, 7) is 4.51. The van der Waals surface area contributed by atoms with E-state index in [1.54, 1.807) is 17.6 Å². The minimum Gasteiger partial charge on any atom is -0.458 e. The topological polar surface area (TPSA) is 161 Å². The standard InChI is InChI=1S/C25H24N6O6/c1-3-25(34)16-8-17-20-14(9-31(17)23(32)15(16)10-35-24(25)33)22-19-18(36-11-37-22)5-4-13(21(19)29-20)12(2)27-6-7-28-30-26/h4-5,8,12,27,34H,3,6-7,9-11H2,1-2H3/t12?,25-/m0/s1. The summed E-state index contributed by atoms with van der Waals surface area (Å²) in [6, 6.07) is 5.34. The van der Waals surface area contributed by atoms with E-state index >= 15 is 0 Å². The maximum absolute atomic E-state index is 13.5. The molecule has 1 unspecified atom stereocenters. The number of rotatable bonds is 6. The minimum absolute atomic E-state index is 0.0253. The fraction of sp³-hybridized carbons (Fsp3) is 0.400. The Hall–Kier alpha value is -4.12. The summed E-state index contributed by atoms with van der Waals surface area (Å²) in [5.74, 6) is 0.474. The fourth-order valence-corrected chi connectivity index (χ4v) is 5.40. The van der Waals surface area contributed by atoms with Gasteiger partial charge < -0.3 is 29.2 Å². The number of pyridine rings is 2. The highest BCUT2D eigenvalue weighted by atomic mass is 16.7. The summed E-state index contributed by atoms with van der Waals surface area (Å²) in [6.07, 6.45) is 0.0674. The number of azide groups is 1. The molecule has 0 spiro atoms. The number of carbonyl (C=O) groups is 1. The quantitative estimate of drug-likeness (QED) is 0.133. The summed E-state index contributed by atoms with van der Waals surface area (Å²) in [4.78, 5) is 33.8. The monoisotopic (exact) mass is 504 g/mol. The van der Waals surface area contributed by atoms with Gasteiger partial charge in [0.25, 0.3) is 5.56 Å². The Balaban J connectivity index is 1.56. The number of nitrogens with zero attached hydrogens (tertiary/aromatic N) is 5. The number of nitrogens with one attached hydrogen (secondary N) is 1. The molecule has 0 saturated carbocycles. The third-order valence-electron chi connectivity index (χ3n) is 7.39. The molecule has 3 aromatic rings. The van der Waals surface area contributed by atoms with E-state index in [1.165, 1.54) is 0 Å². The first-order valence-corrected chi connectivity index (χ1v) is 12.1. The first-order chi connectivity index (χ1) is 17.9. The van der Waals surface area contributed by atoms with Crippen LogP contribution in [0, 0.1) is 0 Å². The van der Waals surface area contributed by atoms with Crippen molar-refractivity contribution in [2.45, 2.75) is 45.1 Å². The van der Waals surface area contributed by atoms with Crippen molar-refractivity contribution >= 4 is 16.9 Å². The van der Waals surface area contributed by atoms with E-state index in [4.69, 9.17) is 24.7 Å². The summed E-state index contributed by atoms with van der Waals surface area (Å²) >= 11 is 0. The molecule has 0 fully saturated rings. The van der Waals surface area contributed by atoms with Crippen LogP contribution in [-0.4, -0.2) is 40.5 Å². The van der Waals surface area contributed by atoms with Crippen LogP contribution in [0.4, 0.5) is 0 Å². The van der Waals surface area contributed by atoms with Gasteiger partial charge in [0.2, 0.25) is 6.79 Å². The largest absolute Gasteiger partial charge is 0.458 e. The van der Waals surface area contributed by atoms with Gasteiger partial charge in [0.15, 0.2) is 5.60 Å². The summed E-state index contributed by atoms with van der Waals surface area (Å²) in [5, 5.41) is 18.8. The highest BCUT2D eigenvalue weighted by Crippen LogP contribution is 2.47. The predicted octanol–water partition coefficient (Wildman–Crippen LogP) is 2.77. The Morgan fingerprint density at radius 3 is 2.92 bits per heavy atom. The van der Waals surface area contributed by atoms with E-state index in [-0.39, 0.29) is 49.1 Å². The number of benzene rings is 1. The molecule has 0 aliphatic carbocycles. The second-order valence-corrected chi connectivity index (χ2v) is 9.28. The van der Waals surface area contributed by atoms with Crippen LogP contribution in [0.3, 0.4) is 0 Å². The normalized spacial score (nSPS) is 19.6. The Labute approximate surface area is 210 Å². The zero-order valence-corrected chi connectivity index (χ0v) is 20.3. The van der Waals surface area contributed by atoms with Crippen LogP contribution in [0.1, 0.15) is 48.6 Å². The number of aromatic nitrogens is 2. The van der Waals surface area contributed by atoms with Gasteiger partial charge in [-0.1, -0.05) is 18.1 Å². The van der Waals surface area contributed by atoms with Gasteiger partial charge in [-0.2, -0.15) is 0 Å². The third-order valence-corrected chi connectivity index (χ3v) is 7.39. The molecular weight excluding hydrogens is 480 g/mol. The zero-order valence-electron chi connectivity index (χ0n) is 20.3. The molecule has 6 rings (SSSR count). The number of hydrogen-bond acceptors (Lipinski definition) is 9. The Morgan fingerprint density at radius 2 is 2.14 bits per heavy atom. The van der Waals surface area contributed by atoms with E-state index in [2.05, 4.69) is 15.3 Å². The van der Waals surface area contributed by atoms with Crippen LogP contribution in [0.15, 0.2) is 28.1 Å². The summed E-state index contributed by atoms with van der Waals surface area (Å²) in [5.41, 5.74) is 10.2. The van der Waals surface area contributed by atoms with E-state index in [0.717, 1.165) is 16.5 Å². The number of ether oxygens (including phenoxy) is 3. The molecule has 3 aliphatic rings. The molecule has 2 aromatic heterocycles. The smallest absolute Gasteiger partial charge is 0.343 e. The number of hydrogen-bond donors (Lipinski definition) is 2. The van der Waals surface area contributed by atoms with Crippen molar-refractivity contribution in [3.05, 3.63) is 61.2 Å². The average Bonchev–Trinajstić information content (AvgIpc) is 3.28. The third kappa shape index (κ3) is 3.30. The lowest BCUT2D eigenvalue weighted by Gasteiger charge is -2.31. The zero-order chi connectivity index (χ0) is 25.9. The van der Waals surface area contributed by atoms with Crippen LogP contribution < -0.4 is 20.3 Å². The van der Waals surface area contributed by atoms with E-state index < -0.39 is 11.6 Å². The summed E-state index contributed by atoms with van der Waals surface area (Å²) in [7, 11) is 0. The minimum atomic E-state index is -1.90. The predicted molar refractivity (Wildman–Crippen MR) is 131 cm³/mol. The van der Waals surface area contributed by atoms with Crippen LogP contribution in [0.5, 0.6) is 11.5 Å². The van der Waals surface area contributed by atoms with Crippen molar-refractivity contribution in [2.24, 2.45) is 5.11 Å². The number of esters is 1. The van der Waals surface area contributed by atoms with Crippen LogP contribution >= 0.6 is 0 Å². The van der Waals surface area contributed by atoms with Gasteiger partial charge in [-0.15, -0.1) is 0 Å². The van der Waals surface area contributed by atoms with Crippen molar-refractivity contribution in [2.75, 3.05) is 19.9 Å². The number of aliphatic hydroxyl groups is 1. The van der Waals surface area contributed by atoms with Crippen molar-refractivity contribution in [1.29, 1.82) is 0 Å². The second-order valence-electron chi connectivity index (χ2n) is 9.28. The van der Waals surface area contributed by atoms with E-state index in [1.807, 2.05) is 19.1 Å². The molecule has 37 heavy (non-hydrogen) atoms. The molecule has 1 aromatic carbocycles. The molecule has 5 heterocycles. The molecule has 0 saturated heterocycles. The number of carbonyl (C=O) groups excluding carboxylic acids is 1. The lowest BCUT2D eigenvalue weighted by molar-refractivity contribution is -0.172. The SMILES string of the molecule is CC[C@@]1(O)C(=O)OCc2c1cc1n(c2=O)Cc2c-1nc1c(C(C)NCCN=[N+]=[N-])ccc3c1c2OCO3. The highest BCUT2D eigenvalue weighted by molar-refractivity contribution is 5.98. The lowest BCUT2D eigenvalue weighted by atomic mass is 9.86. The van der Waals surface area contributed by atoms with Crippen molar-refractivity contribution in [1.82, 2.24) is 14.9 Å². The molecule has 12 nitrogen and oxygen atoms in total. The van der Waals surface area contributed by atoms with Crippen molar-refractivity contribution in [3.8, 4) is 22.9 Å². The molecule has 0 radical (unpaired) electrons. The second kappa shape index (κ2) is 8.48. The highest BCUT2D eigenvalue weighted by Gasteiger charge is 2.45. The van der Waals surface area contributed by atoms with Gasteiger partial charge in [-0.25, -0.2) is 9.78 Å². The summed E-state index contributed by atoms with van der Waals surface area (Å²) < 4.78 is 18.5. The van der Waals surface area contributed by atoms with E-state index in [0.29, 0.717) is 41.5 Å². The van der Waals surface area contributed by atoms with Crippen LogP contribution in [-0.2, 0) is 28.3 Å². The van der Waals surface area contributed by atoms with Crippen LogP contribution in [0.2, 0.25) is 0 Å². The molecule has 2 N–H and O–H groups in total. The lowest BCUT2D eigenvalue weighted by Crippen LogP contribution is -2.44. The van der Waals surface area contributed by atoms with Gasteiger partial charge in [0.05, 0.1) is 34.4 Å². The number of fused-ring (bicyclic) bond motifs is 5. The van der Waals surface area contributed by atoms with Crippen molar-refractivity contribution in [3.63, 3.8) is 0 Å². The fourth-order valence-electron chi connectivity index (χ4n) is 5.40. The van der Waals surface area contributed by atoms with Gasteiger partial charge in [0, 0.05) is 35.2 Å². The maximum Gasteiger partial charge on any atom is 0.343 e. The molecule has 190 valence electrons.